The van der Waals surface area contributed by atoms with Crippen LogP contribution in [0.5, 0.6) is 0 Å². The molecule has 0 bridgehead atoms. The van der Waals surface area contributed by atoms with E-state index in [2.05, 4.69) is 17.9 Å². The molecule has 1 aliphatic rings. The number of furan rings is 1. The Labute approximate surface area is 179 Å². The van der Waals surface area contributed by atoms with Crippen LogP contribution < -0.4 is 4.90 Å². The molecule has 3 heterocycles. The van der Waals surface area contributed by atoms with Gasteiger partial charge in [-0.25, -0.2) is 14.2 Å². The highest BCUT2D eigenvalue weighted by atomic mass is 19.1. The topological polar surface area (TPSA) is 55.6 Å². The Kier molecular flexibility index (Phi) is 4.85. The number of rotatable bonds is 3. The largest absolute Gasteiger partial charge is 0.465 e. The van der Waals surface area contributed by atoms with Crippen molar-refractivity contribution in [1.29, 1.82) is 0 Å². The first-order valence-corrected chi connectivity index (χ1v) is 10.5. The third-order valence-corrected chi connectivity index (χ3v) is 6.04. The van der Waals surface area contributed by atoms with Crippen molar-refractivity contribution in [2.24, 2.45) is 0 Å². The van der Waals surface area contributed by atoms with E-state index in [-0.39, 0.29) is 11.8 Å². The average Bonchev–Trinajstić information content (AvgIpc) is 3.20. The summed E-state index contributed by atoms with van der Waals surface area (Å²) in [6.07, 6.45) is 3.41. The van der Waals surface area contributed by atoms with Gasteiger partial charge in [0.05, 0.1) is 23.9 Å². The van der Waals surface area contributed by atoms with Crippen LogP contribution in [0.2, 0.25) is 0 Å². The van der Waals surface area contributed by atoms with Crippen LogP contribution in [0.3, 0.4) is 0 Å². The summed E-state index contributed by atoms with van der Waals surface area (Å²) in [5.41, 5.74) is 3.42. The minimum atomic E-state index is -0.377. The molecule has 0 amide bonds. The van der Waals surface area contributed by atoms with Crippen LogP contribution in [-0.2, 0) is 4.74 Å². The normalized spacial score (nSPS) is 16.7. The predicted molar refractivity (Wildman–Crippen MR) is 119 cm³/mol. The van der Waals surface area contributed by atoms with E-state index >= 15 is 0 Å². The van der Waals surface area contributed by atoms with Gasteiger partial charge >= 0.3 is 5.97 Å². The number of carbonyl (C=O) groups is 1. The van der Waals surface area contributed by atoms with Crippen molar-refractivity contribution in [2.45, 2.75) is 32.2 Å². The third kappa shape index (κ3) is 3.52. The first-order valence-electron chi connectivity index (χ1n) is 10.5. The van der Waals surface area contributed by atoms with Gasteiger partial charge in [-0.2, -0.15) is 0 Å². The van der Waals surface area contributed by atoms with Gasteiger partial charge in [-0.3, -0.25) is 0 Å². The van der Waals surface area contributed by atoms with E-state index in [4.69, 9.17) is 14.1 Å². The van der Waals surface area contributed by atoms with E-state index in [1.807, 2.05) is 18.2 Å². The summed E-state index contributed by atoms with van der Waals surface area (Å²) in [6.45, 7) is 3.14. The van der Waals surface area contributed by atoms with Crippen LogP contribution in [0, 0.1) is 5.82 Å². The molecular formula is C25H23FN2O3. The molecule has 158 valence electrons. The Morgan fingerprint density at radius 1 is 1.13 bits per heavy atom. The first kappa shape index (κ1) is 19.5. The number of benzene rings is 2. The summed E-state index contributed by atoms with van der Waals surface area (Å²) in [5, 5.41) is 1.69. The van der Waals surface area contributed by atoms with E-state index in [9.17, 15) is 9.18 Å². The second-order valence-corrected chi connectivity index (χ2v) is 8.09. The molecule has 31 heavy (non-hydrogen) atoms. The summed E-state index contributed by atoms with van der Waals surface area (Å²) < 4.78 is 24.6. The van der Waals surface area contributed by atoms with Crippen molar-refractivity contribution in [1.82, 2.24) is 4.98 Å². The lowest BCUT2D eigenvalue weighted by Gasteiger charge is -2.36. The number of ether oxygens (including phenoxy) is 1. The molecule has 4 aromatic rings. The summed E-state index contributed by atoms with van der Waals surface area (Å²) >= 11 is 0. The van der Waals surface area contributed by atoms with Crippen molar-refractivity contribution >= 4 is 33.5 Å². The maximum absolute atomic E-state index is 13.7. The number of hydrogen-bond acceptors (Lipinski definition) is 5. The van der Waals surface area contributed by atoms with Gasteiger partial charge in [0.2, 0.25) is 0 Å². The predicted octanol–water partition coefficient (Wildman–Crippen LogP) is 5.95. The van der Waals surface area contributed by atoms with Gasteiger partial charge in [0.1, 0.15) is 17.1 Å². The molecule has 1 fully saturated rings. The lowest BCUT2D eigenvalue weighted by molar-refractivity contribution is 0.0601. The lowest BCUT2D eigenvalue weighted by atomic mass is 10.0. The number of hydrogen-bond donors (Lipinski definition) is 0. The molecule has 0 saturated carbocycles. The second-order valence-electron chi connectivity index (χ2n) is 8.09. The molecule has 1 atom stereocenters. The minimum absolute atomic E-state index is 0.333. The Bertz CT molecular complexity index is 1300. The number of aromatic nitrogens is 1. The fraction of sp³-hybridized carbons (Fsp3) is 0.280. The monoisotopic (exact) mass is 418 g/mol. The molecule has 5 rings (SSSR count). The summed E-state index contributed by atoms with van der Waals surface area (Å²) in [6, 6.07) is 14.2. The van der Waals surface area contributed by atoms with Crippen molar-refractivity contribution < 1.29 is 18.3 Å². The zero-order chi connectivity index (χ0) is 21.5. The number of methoxy groups -OCH3 is 1. The van der Waals surface area contributed by atoms with Gasteiger partial charge in [-0.05, 0) is 68.7 Å². The number of anilines is 1. The number of esters is 1. The lowest BCUT2D eigenvalue weighted by Crippen LogP contribution is -2.37. The van der Waals surface area contributed by atoms with E-state index in [0.717, 1.165) is 47.1 Å². The fourth-order valence-corrected chi connectivity index (χ4v) is 4.39. The highest BCUT2D eigenvalue weighted by molar-refractivity contribution is 5.97. The Hall–Kier alpha value is -3.41. The summed E-state index contributed by atoms with van der Waals surface area (Å²) in [7, 11) is 1.37. The number of piperidine rings is 1. The summed E-state index contributed by atoms with van der Waals surface area (Å²) in [5.74, 6) is -0.106. The van der Waals surface area contributed by atoms with Gasteiger partial charge in [0.25, 0.3) is 0 Å². The highest BCUT2D eigenvalue weighted by Crippen LogP contribution is 2.38. The van der Waals surface area contributed by atoms with Gasteiger partial charge in [-0.15, -0.1) is 0 Å². The molecule has 6 heteroatoms. The van der Waals surface area contributed by atoms with Gasteiger partial charge in [0.15, 0.2) is 5.76 Å². The van der Waals surface area contributed by atoms with Gasteiger partial charge < -0.3 is 14.1 Å². The standard InChI is InChI=1S/C25H23FN2O3/c1-15-5-3-4-10-28(15)21-12-18-11-17(25(29)30-2)7-9-20(18)27-24(21)23-13-16-6-8-19(26)14-22(16)31-23/h6-9,11-15H,3-5,10H2,1-2H3/t15-/m0/s1. The van der Waals surface area contributed by atoms with Gasteiger partial charge in [-0.1, -0.05) is 0 Å². The van der Waals surface area contributed by atoms with Crippen molar-refractivity contribution in [3.8, 4) is 11.5 Å². The average molecular weight is 418 g/mol. The number of carbonyl (C=O) groups excluding carboxylic acids is 1. The molecule has 0 aliphatic carbocycles. The van der Waals surface area contributed by atoms with Crippen LogP contribution in [0.4, 0.5) is 10.1 Å². The van der Waals surface area contributed by atoms with E-state index < -0.39 is 0 Å². The Morgan fingerprint density at radius 3 is 2.81 bits per heavy atom. The second kappa shape index (κ2) is 7.69. The maximum Gasteiger partial charge on any atom is 0.337 e. The molecule has 0 radical (unpaired) electrons. The number of halogens is 1. The molecule has 0 N–H and O–H groups in total. The molecule has 1 aliphatic heterocycles. The first-order chi connectivity index (χ1) is 15.0. The molecule has 0 unspecified atom stereocenters. The molecule has 5 nitrogen and oxygen atoms in total. The SMILES string of the molecule is COC(=O)c1ccc2nc(-c3cc4ccc(F)cc4o3)c(N3CCCC[C@@H]3C)cc2c1. The number of fused-ring (bicyclic) bond motifs is 2. The minimum Gasteiger partial charge on any atom is -0.465 e. The highest BCUT2D eigenvalue weighted by Gasteiger charge is 2.25. The number of nitrogens with zero attached hydrogens (tertiary/aromatic N) is 2. The van der Waals surface area contributed by atoms with E-state index in [1.54, 1.807) is 12.1 Å². The van der Waals surface area contributed by atoms with Gasteiger partial charge in [0, 0.05) is 29.4 Å². The van der Waals surface area contributed by atoms with Crippen LogP contribution in [0.15, 0.2) is 52.9 Å². The van der Waals surface area contributed by atoms with Crippen LogP contribution in [0.25, 0.3) is 33.3 Å². The smallest absolute Gasteiger partial charge is 0.337 e. The molecule has 2 aromatic heterocycles. The van der Waals surface area contributed by atoms with Crippen LogP contribution >= 0.6 is 0 Å². The van der Waals surface area contributed by atoms with Crippen molar-refractivity contribution in [2.75, 3.05) is 18.6 Å². The van der Waals surface area contributed by atoms with Crippen LogP contribution in [0.1, 0.15) is 36.5 Å². The quantitative estimate of drug-likeness (QED) is 0.385. The zero-order valence-electron chi connectivity index (χ0n) is 17.5. The van der Waals surface area contributed by atoms with E-state index in [0.29, 0.717) is 22.9 Å². The Balaban J connectivity index is 1.72. The third-order valence-electron chi connectivity index (χ3n) is 6.04. The van der Waals surface area contributed by atoms with Crippen LogP contribution in [-0.4, -0.2) is 30.6 Å². The summed E-state index contributed by atoms with van der Waals surface area (Å²) in [4.78, 5) is 19.3. The van der Waals surface area contributed by atoms with Crippen molar-refractivity contribution in [3.63, 3.8) is 0 Å². The molecule has 0 spiro atoms. The zero-order valence-corrected chi connectivity index (χ0v) is 17.5. The number of pyridine rings is 1. The van der Waals surface area contributed by atoms with Crippen molar-refractivity contribution in [3.05, 3.63) is 59.9 Å². The molecular weight excluding hydrogens is 395 g/mol. The molecule has 2 aromatic carbocycles. The van der Waals surface area contributed by atoms with E-state index in [1.165, 1.54) is 25.7 Å². The molecule has 1 saturated heterocycles. The fourth-order valence-electron chi connectivity index (χ4n) is 4.39. The Morgan fingerprint density at radius 2 is 2.00 bits per heavy atom. The maximum atomic E-state index is 13.7.